The number of hydrogen-bond acceptors (Lipinski definition) is 4. The van der Waals surface area contributed by atoms with Crippen molar-refractivity contribution in [1.82, 2.24) is 10.6 Å². The molecule has 1 aliphatic carbocycles. The van der Waals surface area contributed by atoms with Gasteiger partial charge in [0.2, 0.25) is 5.91 Å². The summed E-state index contributed by atoms with van der Waals surface area (Å²) in [5.41, 5.74) is 1.92. The molecule has 1 heterocycles. The van der Waals surface area contributed by atoms with Crippen LogP contribution in [0, 0.1) is 11.8 Å². The lowest BCUT2D eigenvalue weighted by Gasteiger charge is -2.24. The second-order valence-corrected chi connectivity index (χ2v) is 8.10. The predicted octanol–water partition coefficient (Wildman–Crippen LogP) is 3.54. The van der Waals surface area contributed by atoms with Crippen LogP contribution in [0.3, 0.4) is 0 Å². The van der Waals surface area contributed by atoms with Gasteiger partial charge in [0.05, 0.1) is 19.8 Å². The maximum absolute atomic E-state index is 12.2. The van der Waals surface area contributed by atoms with Gasteiger partial charge in [0.1, 0.15) is 0 Å². The van der Waals surface area contributed by atoms with Crippen molar-refractivity contribution < 1.29 is 14.3 Å². The van der Waals surface area contributed by atoms with E-state index in [1.165, 1.54) is 0 Å². The number of aliphatic imine (C=N–C) groups is 1. The van der Waals surface area contributed by atoms with Gasteiger partial charge in [-0.25, -0.2) is 4.99 Å². The van der Waals surface area contributed by atoms with Gasteiger partial charge in [-0.15, -0.1) is 24.0 Å². The van der Waals surface area contributed by atoms with E-state index < -0.39 is 0 Å². The number of rotatable bonds is 11. The van der Waals surface area contributed by atoms with E-state index in [9.17, 15) is 4.79 Å². The lowest BCUT2D eigenvalue weighted by molar-refractivity contribution is -0.122. The first-order valence-electron chi connectivity index (χ1n) is 11.3. The van der Waals surface area contributed by atoms with Crippen molar-refractivity contribution in [3.05, 3.63) is 29.8 Å². The van der Waals surface area contributed by atoms with E-state index in [0.717, 1.165) is 88.8 Å². The number of amides is 1. The summed E-state index contributed by atoms with van der Waals surface area (Å²) in [5, 5.41) is 9.67. The molecule has 3 rings (SSSR count). The van der Waals surface area contributed by atoms with Gasteiger partial charge in [0.15, 0.2) is 5.96 Å². The zero-order valence-electron chi connectivity index (χ0n) is 18.5. The summed E-state index contributed by atoms with van der Waals surface area (Å²) in [5.74, 6) is 1.68. The Bertz CT molecular complexity index is 691. The highest BCUT2D eigenvalue weighted by atomic mass is 127. The monoisotopic (exact) mass is 544 g/mol. The van der Waals surface area contributed by atoms with Crippen LogP contribution in [0.25, 0.3) is 0 Å². The second-order valence-electron chi connectivity index (χ2n) is 8.10. The first-order chi connectivity index (χ1) is 14.7. The Morgan fingerprint density at radius 2 is 2.13 bits per heavy atom. The number of hydrogen-bond donors (Lipinski definition) is 3. The topological polar surface area (TPSA) is 84.0 Å². The van der Waals surface area contributed by atoms with Crippen molar-refractivity contribution in [3.8, 4) is 0 Å². The molecule has 0 bridgehead atoms. The highest BCUT2D eigenvalue weighted by Gasteiger charge is 2.25. The fraction of sp³-hybridized carbons (Fsp3) is 0.652. The van der Waals surface area contributed by atoms with Crippen LogP contribution in [-0.4, -0.2) is 51.4 Å². The number of anilines is 1. The van der Waals surface area contributed by atoms with Crippen molar-refractivity contribution in [3.63, 3.8) is 0 Å². The zero-order valence-corrected chi connectivity index (χ0v) is 20.9. The average Bonchev–Trinajstić information content (AvgIpc) is 3.21. The number of nitrogens with one attached hydrogen (secondary N) is 3. The minimum absolute atomic E-state index is 0. The van der Waals surface area contributed by atoms with E-state index >= 15 is 0 Å². The molecule has 0 radical (unpaired) electrons. The van der Waals surface area contributed by atoms with Gasteiger partial charge in [-0.1, -0.05) is 18.6 Å². The van der Waals surface area contributed by atoms with E-state index in [0.29, 0.717) is 12.5 Å². The second kappa shape index (κ2) is 14.6. The first kappa shape index (κ1) is 25.9. The Morgan fingerprint density at radius 3 is 2.84 bits per heavy atom. The van der Waals surface area contributed by atoms with Gasteiger partial charge < -0.3 is 25.4 Å². The number of ether oxygens (including phenoxy) is 2. The normalized spacial score (nSPS) is 18.7. The molecule has 0 spiro atoms. The molecule has 0 aromatic heterocycles. The minimum Gasteiger partial charge on any atom is -0.381 e. The SMILES string of the molecule is CCNC(=NCc1cccc(NC(=O)C2CCC2)c1)NCCCOCC1CCOC1.I. The lowest BCUT2D eigenvalue weighted by atomic mass is 9.85. The highest BCUT2D eigenvalue weighted by molar-refractivity contribution is 14.0. The molecule has 2 fully saturated rings. The van der Waals surface area contributed by atoms with Crippen LogP contribution in [0.5, 0.6) is 0 Å². The van der Waals surface area contributed by atoms with Crippen LogP contribution in [0.1, 0.15) is 44.6 Å². The largest absolute Gasteiger partial charge is 0.381 e. The molecule has 3 N–H and O–H groups in total. The highest BCUT2D eigenvalue weighted by Crippen LogP contribution is 2.27. The molecule has 1 aliphatic heterocycles. The van der Waals surface area contributed by atoms with Crippen LogP contribution in [-0.2, 0) is 20.8 Å². The summed E-state index contributed by atoms with van der Waals surface area (Å²) in [7, 11) is 0. The Morgan fingerprint density at radius 1 is 1.26 bits per heavy atom. The maximum Gasteiger partial charge on any atom is 0.227 e. The Kier molecular flexibility index (Phi) is 12.2. The molecular weight excluding hydrogens is 507 g/mol. The molecule has 1 aromatic rings. The van der Waals surface area contributed by atoms with Crippen molar-refractivity contribution in [2.24, 2.45) is 16.8 Å². The first-order valence-corrected chi connectivity index (χ1v) is 11.3. The molecule has 1 saturated heterocycles. The van der Waals surface area contributed by atoms with Gasteiger partial charge in [0.25, 0.3) is 0 Å². The maximum atomic E-state index is 12.2. The molecular formula is C23H37IN4O3. The molecule has 8 heteroatoms. The quantitative estimate of drug-likeness (QED) is 0.172. The van der Waals surface area contributed by atoms with Gasteiger partial charge >= 0.3 is 0 Å². The third-order valence-electron chi connectivity index (χ3n) is 5.57. The fourth-order valence-corrected chi connectivity index (χ4v) is 3.52. The van der Waals surface area contributed by atoms with Gasteiger partial charge in [0, 0.05) is 43.8 Å². The van der Waals surface area contributed by atoms with Crippen LogP contribution in [0.2, 0.25) is 0 Å². The number of halogens is 1. The van der Waals surface area contributed by atoms with Gasteiger partial charge in [-0.2, -0.15) is 0 Å². The van der Waals surface area contributed by atoms with E-state index in [1.807, 2.05) is 24.3 Å². The van der Waals surface area contributed by atoms with E-state index in [1.54, 1.807) is 0 Å². The van der Waals surface area contributed by atoms with Crippen molar-refractivity contribution in [2.75, 3.05) is 44.8 Å². The molecule has 174 valence electrons. The van der Waals surface area contributed by atoms with Crippen LogP contribution in [0.4, 0.5) is 5.69 Å². The standard InChI is InChI=1S/C23H36N4O3.HI/c1-2-24-23(25-11-5-12-29-16-19-10-13-30-17-19)26-15-18-6-3-9-21(14-18)27-22(28)20-7-4-8-20;/h3,6,9,14,19-20H,2,4-5,7-8,10-13,15-17H2,1H3,(H,27,28)(H2,24,25,26);1H. The number of guanidine groups is 1. The van der Waals surface area contributed by atoms with Gasteiger partial charge in [-0.3, -0.25) is 4.79 Å². The molecule has 2 aliphatic rings. The Hall–Kier alpha value is -1.39. The Labute approximate surface area is 203 Å². The van der Waals surface area contributed by atoms with Crippen LogP contribution < -0.4 is 16.0 Å². The number of nitrogens with zero attached hydrogens (tertiary/aromatic N) is 1. The molecule has 7 nitrogen and oxygen atoms in total. The molecule has 1 atom stereocenters. The van der Waals surface area contributed by atoms with E-state index in [-0.39, 0.29) is 35.8 Å². The predicted molar refractivity (Wildman–Crippen MR) is 135 cm³/mol. The molecule has 1 aromatic carbocycles. The summed E-state index contributed by atoms with van der Waals surface area (Å²) >= 11 is 0. The minimum atomic E-state index is 0. The average molecular weight is 544 g/mol. The smallest absolute Gasteiger partial charge is 0.227 e. The summed E-state index contributed by atoms with van der Waals surface area (Å²) in [4.78, 5) is 16.8. The summed E-state index contributed by atoms with van der Waals surface area (Å²) in [6, 6.07) is 7.94. The van der Waals surface area contributed by atoms with E-state index in [2.05, 4.69) is 27.9 Å². The van der Waals surface area contributed by atoms with Crippen LogP contribution in [0.15, 0.2) is 29.3 Å². The number of carbonyl (C=O) groups excluding carboxylic acids is 1. The molecule has 1 saturated carbocycles. The number of carbonyl (C=O) groups is 1. The van der Waals surface area contributed by atoms with E-state index in [4.69, 9.17) is 9.47 Å². The lowest BCUT2D eigenvalue weighted by Crippen LogP contribution is -2.38. The van der Waals surface area contributed by atoms with Crippen molar-refractivity contribution in [1.29, 1.82) is 0 Å². The fourth-order valence-electron chi connectivity index (χ4n) is 3.52. The molecule has 1 amide bonds. The summed E-state index contributed by atoms with van der Waals surface area (Å²) in [6.07, 6.45) is 5.22. The zero-order chi connectivity index (χ0) is 21.0. The third kappa shape index (κ3) is 9.33. The van der Waals surface area contributed by atoms with Crippen LogP contribution >= 0.6 is 24.0 Å². The summed E-state index contributed by atoms with van der Waals surface area (Å²) in [6.45, 7) is 7.47. The summed E-state index contributed by atoms with van der Waals surface area (Å²) < 4.78 is 11.1. The van der Waals surface area contributed by atoms with Gasteiger partial charge in [-0.05, 0) is 50.3 Å². The van der Waals surface area contributed by atoms with Crippen molar-refractivity contribution >= 4 is 41.5 Å². The third-order valence-corrected chi connectivity index (χ3v) is 5.57. The Balaban J connectivity index is 0.00000341. The van der Waals surface area contributed by atoms with Crippen molar-refractivity contribution in [2.45, 2.75) is 45.6 Å². The molecule has 31 heavy (non-hydrogen) atoms. The molecule has 1 unspecified atom stereocenters. The number of benzene rings is 1.